The first-order chi connectivity index (χ1) is 13.8. The van der Waals surface area contributed by atoms with Gasteiger partial charge in [0.05, 0.1) is 5.56 Å². The minimum atomic E-state index is -0.749. The summed E-state index contributed by atoms with van der Waals surface area (Å²) in [6.45, 7) is -0.100. The maximum absolute atomic E-state index is 13.7. The third kappa shape index (κ3) is 5.13. The predicted octanol–water partition coefficient (Wildman–Crippen LogP) is 4.76. The number of amides is 1. The Morgan fingerprint density at radius 1 is 1.14 bits per heavy atom. The minimum absolute atomic E-state index is 0.0241. The quantitative estimate of drug-likeness (QED) is 0.582. The molecule has 0 atom stereocenters. The zero-order chi connectivity index (χ0) is 21.0. The van der Waals surface area contributed by atoms with Gasteiger partial charge in [0.15, 0.2) is 11.6 Å². The molecule has 9 heteroatoms. The van der Waals surface area contributed by atoms with E-state index in [4.69, 9.17) is 33.7 Å². The van der Waals surface area contributed by atoms with Gasteiger partial charge in [-0.1, -0.05) is 35.3 Å². The molecule has 2 aromatic carbocycles. The smallest absolute Gasteiger partial charge is 0.253 e. The van der Waals surface area contributed by atoms with Crippen LogP contribution in [0.2, 0.25) is 10.0 Å². The second-order valence-corrected chi connectivity index (χ2v) is 6.83. The van der Waals surface area contributed by atoms with Gasteiger partial charge in [-0.3, -0.25) is 4.79 Å². The first-order valence-corrected chi connectivity index (χ1v) is 9.14. The molecule has 0 spiro atoms. The summed E-state index contributed by atoms with van der Waals surface area (Å²) in [5.74, 6) is -1.72. The van der Waals surface area contributed by atoms with Crippen LogP contribution in [0.4, 0.5) is 14.6 Å². The van der Waals surface area contributed by atoms with Crippen molar-refractivity contribution in [3.63, 3.8) is 0 Å². The number of rotatable bonds is 6. The SMILES string of the molecule is Nc1ncc(C(=O)NCc2ccc(F)cc2F)cc1OCc1c(Cl)cccc1Cl. The molecule has 0 aliphatic heterocycles. The van der Waals surface area contributed by atoms with Crippen molar-refractivity contribution in [3.05, 3.63) is 87.0 Å². The van der Waals surface area contributed by atoms with Crippen LogP contribution in [0.25, 0.3) is 0 Å². The summed E-state index contributed by atoms with van der Waals surface area (Å²) in [7, 11) is 0. The summed E-state index contributed by atoms with van der Waals surface area (Å²) >= 11 is 12.2. The van der Waals surface area contributed by atoms with Gasteiger partial charge in [-0.15, -0.1) is 0 Å². The highest BCUT2D eigenvalue weighted by molar-refractivity contribution is 6.35. The minimum Gasteiger partial charge on any atom is -0.485 e. The number of benzene rings is 2. The molecule has 0 fully saturated rings. The zero-order valence-electron chi connectivity index (χ0n) is 14.9. The molecule has 0 saturated heterocycles. The number of ether oxygens (including phenoxy) is 1. The highest BCUT2D eigenvalue weighted by Gasteiger charge is 2.13. The Morgan fingerprint density at radius 2 is 1.86 bits per heavy atom. The molecule has 0 radical (unpaired) electrons. The second-order valence-electron chi connectivity index (χ2n) is 6.01. The summed E-state index contributed by atoms with van der Waals surface area (Å²) in [5.41, 5.74) is 6.68. The van der Waals surface area contributed by atoms with Crippen molar-refractivity contribution in [2.45, 2.75) is 13.2 Å². The Bertz CT molecular complexity index is 1040. The van der Waals surface area contributed by atoms with Gasteiger partial charge in [0.25, 0.3) is 5.91 Å². The van der Waals surface area contributed by atoms with Crippen molar-refractivity contribution in [2.75, 3.05) is 5.73 Å². The van der Waals surface area contributed by atoms with Crippen LogP contribution in [0.3, 0.4) is 0 Å². The van der Waals surface area contributed by atoms with Crippen LogP contribution in [0.1, 0.15) is 21.5 Å². The van der Waals surface area contributed by atoms with Crippen LogP contribution in [0, 0.1) is 11.6 Å². The van der Waals surface area contributed by atoms with Gasteiger partial charge in [-0.25, -0.2) is 13.8 Å². The summed E-state index contributed by atoms with van der Waals surface area (Å²) in [5, 5.41) is 3.39. The molecule has 3 aromatic rings. The lowest BCUT2D eigenvalue weighted by atomic mass is 10.2. The maximum Gasteiger partial charge on any atom is 0.253 e. The van der Waals surface area contributed by atoms with Crippen molar-refractivity contribution in [2.24, 2.45) is 0 Å². The highest BCUT2D eigenvalue weighted by Crippen LogP contribution is 2.27. The number of nitrogen functional groups attached to an aromatic ring is 1. The van der Waals surface area contributed by atoms with Crippen LogP contribution in [-0.2, 0) is 13.2 Å². The van der Waals surface area contributed by atoms with E-state index >= 15 is 0 Å². The van der Waals surface area contributed by atoms with Crippen LogP contribution >= 0.6 is 23.2 Å². The molecule has 1 aromatic heterocycles. The van der Waals surface area contributed by atoms with Crippen molar-refractivity contribution in [3.8, 4) is 5.75 Å². The molecule has 0 saturated carbocycles. The lowest BCUT2D eigenvalue weighted by Gasteiger charge is -2.12. The Morgan fingerprint density at radius 3 is 2.55 bits per heavy atom. The van der Waals surface area contributed by atoms with E-state index in [1.165, 1.54) is 18.3 Å². The maximum atomic E-state index is 13.7. The van der Waals surface area contributed by atoms with E-state index in [9.17, 15) is 13.6 Å². The Hall–Kier alpha value is -2.90. The monoisotopic (exact) mass is 437 g/mol. The third-order valence-electron chi connectivity index (χ3n) is 4.03. The molecular formula is C20H15Cl2F2N3O2. The number of anilines is 1. The van der Waals surface area contributed by atoms with Crippen LogP contribution in [-0.4, -0.2) is 10.9 Å². The van der Waals surface area contributed by atoms with Gasteiger partial charge in [0.2, 0.25) is 0 Å². The van der Waals surface area contributed by atoms with Gasteiger partial charge in [0.1, 0.15) is 18.2 Å². The number of nitrogens with zero attached hydrogens (tertiary/aromatic N) is 1. The highest BCUT2D eigenvalue weighted by atomic mass is 35.5. The number of carbonyl (C=O) groups is 1. The zero-order valence-corrected chi connectivity index (χ0v) is 16.4. The first kappa shape index (κ1) is 20.8. The van der Waals surface area contributed by atoms with Crippen molar-refractivity contribution < 1.29 is 18.3 Å². The van der Waals surface area contributed by atoms with Crippen molar-refractivity contribution in [1.82, 2.24) is 10.3 Å². The molecule has 3 rings (SSSR count). The van der Waals surface area contributed by atoms with Crippen LogP contribution < -0.4 is 15.8 Å². The molecule has 3 N–H and O–H groups in total. The first-order valence-electron chi connectivity index (χ1n) is 8.38. The lowest BCUT2D eigenvalue weighted by molar-refractivity contribution is 0.0949. The number of carbonyl (C=O) groups excluding carboxylic acids is 1. The Kier molecular flexibility index (Phi) is 6.51. The number of pyridine rings is 1. The predicted molar refractivity (Wildman–Crippen MR) is 107 cm³/mol. The van der Waals surface area contributed by atoms with E-state index in [1.54, 1.807) is 18.2 Å². The average molecular weight is 438 g/mol. The van der Waals surface area contributed by atoms with Crippen molar-refractivity contribution in [1.29, 1.82) is 0 Å². The summed E-state index contributed by atoms with van der Waals surface area (Å²) in [6, 6.07) is 9.58. The van der Waals surface area contributed by atoms with E-state index in [0.717, 1.165) is 12.1 Å². The largest absolute Gasteiger partial charge is 0.485 e. The number of aromatic nitrogens is 1. The molecule has 0 bridgehead atoms. The van der Waals surface area contributed by atoms with Crippen LogP contribution in [0.15, 0.2) is 48.7 Å². The standard InChI is InChI=1S/C20H15Cl2F2N3O2/c21-15-2-1-3-16(22)14(15)10-29-18-6-12(9-26-19(18)25)20(28)27-8-11-4-5-13(23)7-17(11)24/h1-7,9H,8,10H2,(H2,25,26)(H,27,28). The number of halogens is 4. The number of nitrogens with one attached hydrogen (secondary N) is 1. The normalized spacial score (nSPS) is 10.6. The molecule has 29 heavy (non-hydrogen) atoms. The molecule has 0 unspecified atom stereocenters. The van der Waals surface area contributed by atoms with Gasteiger partial charge >= 0.3 is 0 Å². The molecule has 1 heterocycles. The van der Waals surface area contributed by atoms with E-state index in [2.05, 4.69) is 10.3 Å². The average Bonchev–Trinajstić information content (AvgIpc) is 2.68. The van der Waals surface area contributed by atoms with Gasteiger partial charge < -0.3 is 15.8 Å². The summed E-state index contributed by atoms with van der Waals surface area (Å²) in [6.07, 6.45) is 1.26. The fourth-order valence-corrected chi connectivity index (χ4v) is 2.96. The molecular weight excluding hydrogens is 423 g/mol. The number of hydrogen-bond donors (Lipinski definition) is 2. The molecule has 5 nitrogen and oxygen atoms in total. The number of hydrogen-bond acceptors (Lipinski definition) is 4. The van der Waals surface area contributed by atoms with E-state index < -0.39 is 17.5 Å². The molecule has 150 valence electrons. The molecule has 0 aliphatic rings. The summed E-state index contributed by atoms with van der Waals surface area (Å²) in [4.78, 5) is 16.3. The van der Waals surface area contributed by atoms with Gasteiger partial charge in [0, 0.05) is 40.0 Å². The molecule has 1 amide bonds. The third-order valence-corrected chi connectivity index (χ3v) is 4.74. The van der Waals surface area contributed by atoms with Crippen molar-refractivity contribution >= 4 is 34.9 Å². The molecule has 0 aliphatic carbocycles. The Labute approximate surface area is 175 Å². The fraction of sp³-hybridized carbons (Fsp3) is 0.100. The van der Waals surface area contributed by atoms with E-state index in [-0.39, 0.29) is 35.8 Å². The lowest BCUT2D eigenvalue weighted by Crippen LogP contribution is -2.23. The topological polar surface area (TPSA) is 77.2 Å². The summed E-state index contributed by atoms with van der Waals surface area (Å²) < 4.78 is 32.3. The van der Waals surface area contributed by atoms with Crippen LogP contribution in [0.5, 0.6) is 5.75 Å². The number of nitrogens with two attached hydrogens (primary N) is 1. The fourth-order valence-electron chi connectivity index (χ4n) is 2.46. The van der Waals surface area contributed by atoms with E-state index in [0.29, 0.717) is 15.6 Å². The second kappa shape index (κ2) is 9.07. The van der Waals surface area contributed by atoms with E-state index in [1.807, 2.05) is 0 Å². The van der Waals surface area contributed by atoms with Gasteiger partial charge in [-0.2, -0.15) is 0 Å². The van der Waals surface area contributed by atoms with Gasteiger partial charge in [-0.05, 0) is 24.3 Å². The Balaban J connectivity index is 1.70.